The number of carbonyl (C=O) groups is 1. The molecule has 0 aromatic heterocycles. The number of rotatable bonds is 8. The van der Waals surface area contributed by atoms with Crippen LogP contribution in [0.4, 0.5) is 0 Å². The third-order valence-electron chi connectivity index (χ3n) is 5.38. The SMILES string of the molecule is O=C(CCC1CCNCC1)NCC(Cc1ccccc1)c1ccccc1. The Kier molecular flexibility index (Phi) is 7.26. The zero-order valence-electron chi connectivity index (χ0n) is 15.5. The van der Waals surface area contributed by atoms with Crippen LogP contribution in [0.3, 0.4) is 0 Å². The van der Waals surface area contributed by atoms with E-state index in [1.54, 1.807) is 0 Å². The topological polar surface area (TPSA) is 41.1 Å². The summed E-state index contributed by atoms with van der Waals surface area (Å²) in [5, 5.41) is 6.57. The molecule has 0 radical (unpaired) electrons. The van der Waals surface area contributed by atoms with Crippen LogP contribution in [0.25, 0.3) is 0 Å². The van der Waals surface area contributed by atoms with Crippen molar-refractivity contribution in [1.82, 2.24) is 10.6 Å². The number of hydrogen-bond donors (Lipinski definition) is 2. The highest BCUT2D eigenvalue weighted by molar-refractivity contribution is 5.75. The van der Waals surface area contributed by atoms with Gasteiger partial charge in [-0.15, -0.1) is 0 Å². The summed E-state index contributed by atoms with van der Waals surface area (Å²) < 4.78 is 0. The van der Waals surface area contributed by atoms with Gasteiger partial charge in [-0.3, -0.25) is 4.79 Å². The molecule has 138 valence electrons. The molecule has 1 aliphatic heterocycles. The van der Waals surface area contributed by atoms with E-state index in [1.807, 2.05) is 12.1 Å². The minimum absolute atomic E-state index is 0.192. The van der Waals surface area contributed by atoms with E-state index in [-0.39, 0.29) is 5.91 Å². The first-order chi connectivity index (χ1) is 12.8. The number of hydrogen-bond acceptors (Lipinski definition) is 2. The molecule has 2 aromatic carbocycles. The zero-order chi connectivity index (χ0) is 18.0. The lowest BCUT2D eigenvalue weighted by Crippen LogP contribution is -2.31. The fourth-order valence-electron chi connectivity index (χ4n) is 3.76. The fourth-order valence-corrected chi connectivity index (χ4v) is 3.76. The van der Waals surface area contributed by atoms with Gasteiger partial charge in [0.1, 0.15) is 0 Å². The lowest BCUT2D eigenvalue weighted by molar-refractivity contribution is -0.121. The molecule has 3 heteroatoms. The Morgan fingerprint density at radius 1 is 1.00 bits per heavy atom. The monoisotopic (exact) mass is 350 g/mol. The molecule has 3 nitrogen and oxygen atoms in total. The molecule has 1 fully saturated rings. The Bertz CT molecular complexity index is 650. The normalized spacial score (nSPS) is 16.2. The highest BCUT2D eigenvalue weighted by Gasteiger charge is 2.16. The summed E-state index contributed by atoms with van der Waals surface area (Å²) in [5.41, 5.74) is 2.60. The summed E-state index contributed by atoms with van der Waals surface area (Å²) in [6, 6.07) is 21.0. The summed E-state index contributed by atoms with van der Waals surface area (Å²) in [4.78, 5) is 12.3. The van der Waals surface area contributed by atoms with Crippen LogP contribution in [-0.2, 0) is 11.2 Å². The van der Waals surface area contributed by atoms with Gasteiger partial charge in [0.05, 0.1) is 0 Å². The predicted octanol–water partition coefficient (Wildman–Crippen LogP) is 3.91. The smallest absolute Gasteiger partial charge is 0.220 e. The van der Waals surface area contributed by atoms with E-state index in [0.717, 1.165) is 25.9 Å². The fraction of sp³-hybridized carbons (Fsp3) is 0.435. The number of benzene rings is 2. The Balaban J connectivity index is 1.52. The second kappa shape index (κ2) is 10.1. The Hall–Kier alpha value is -2.13. The summed E-state index contributed by atoms with van der Waals surface area (Å²) in [6.07, 6.45) is 5.01. The molecule has 0 bridgehead atoms. The van der Waals surface area contributed by atoms with Gasteiger partial charge < -0.3 is 10.6 Å². The van der Waals surface area contributed by atoms with Crippen molar-refractivity contribution in [2.75, 3.05) is 19.6 Å². The summed E-state index contributed by atoms with van der Waals surface area (Å²) in [6.45, 7) is 2.89. The van der Waals surface area contributed by atoms with Crippen LogP contribution in [0.5, 0.6) is 0 Å². The van der Waals surface area contributed by atoms with Crippen LogP contribution in [0.2, 0.25) is 0 Å². The van der Waals surface area contributed by atoms with Crippen LogP contribution in [-0.4, -0.2) is 25.5 Å². The average Bonchev–Trinajstić information content (AvgIpc) is 2.72. The molecular formula is C23H30N2O. The van der Waals surface area contributed by atoms with Gasteiger partial charge in [0, 0.05) is 18.9 Å². The maximum atomic E-state index is 12.3. The third kappa shape index (κ3) is 5.99. The standard InChI is InChI=1S/C23H30N2O/c26-23(12-11-19-13-15-24-16-14-19)25-18-22(21-9-5-2-6-10-21)17-20-7-3-1-4-8-20/h1-10,19,22,24H,11-18H2,(H,25,26). The molecule has 1 amide bonds. The largest absolute Gasteiger partial charge is 0.355 e. The van der Waals surface area contributed by atoms with Crippen molar-refractivity contribution in [2.24, 2.45) is 5.92 Å². The molecule has 0 aliphatic carbocycles. The van der Waals surface area contributed by atoms with Gasteiger partial charge in [-0.1, -0.05) is 60.7 Å². The van der Waals surface area contributed by atoms with Crippen molar-refractivity contribution in [3.8, 4) is 0 Å². The Labute approximate surface area is 157 Å². The average molecular weight is 351 g/mol. The Morgan fingerprint density at radius 3 is 2.35 bits per heavy atom. The quantitative estimate of drug-likeness (QED) is 0.758. The molecule has 0 saturated carbocycles. The lowest BCUT2D eigenvalue weighted by Gasteiger charge is -2.22. The molecule has 1 heterocycles. The first kappa shape index (κ1) is 18.7. The number of nitrogens with one attached hydrogen (secondary N) is 2. The first-order valence-electron chi connectivity index (χ1n) is 9.87. The van der Waals surface area contributed by atoms with E-state index in [0.29, 0.717) is 24.8 Å². The summed E-state index contributed by atoms with van der Waals surface area (Å²) in [5.74, 6) is 1.20. The van der Waals surface area contributed by atoms with E-state index in [1.165, 1.54) is 24.0 Å². The molecule has 2 N–H and O–H groups in total. The van der Waals surface area contributed by atoms with Gasteiger partial charge in [0.2, 0.25) is 5.91 Å². The molecule has 1 saturated heterocycles. The molecule has 1 atom stereocenters. The van der Waals surface area contributed by atoms with Crippen molar-refractivity contribution in [2.45, 2.75) is 38.0 Å². The van der Waals surface area contributed by atoms with Crippen LogP contribution in [0, 0.1) is 5.92 Å². The zero-order valence-corrected chi connectivity index (χ0v) is 15.5. The van der Waals surface area contributed by atoms with E-state index < -0.39 is 0 Å². The van der Waals surface area contributed by atoms with Crippen molar-refractivity contribution >= 4 is 5.91 Å². The third-order valence-corrected chi connectivity index (χ3v) is 5.38. The minimum atomic E-state index is 0.192. The molecule has 26 heavy (non-hydrogen) atoms. The van der Waals surface area contributed by atoms with Crippen molar-refractivity contribution in [3.63, 3.8) is 0 Å². The molecule has 1 unspecified atom stereocenters. The van der Waals surface area contributed by atoms with Gasteiger partial charge in [0.15, 0.2) is 0 Å². The van der Waals surface area contributed by atoms with Crippen molar-refractivity contribution < 1.29 is 4.79 Å². The van der Waals surface area contributed by atoms with E-state index in [2.05, 4.69) is 59.2 Å². The van der Waals surface area contributed by atoms with E-state index in [9.17, 15) is 4.79 Å². The van der Waals surface area contributed by atoms with Crippen molar-refractivity contribution in [3.05, 3.63) is 71.8 Å². The van der Waals surface area contributed by atoms with Gasteiger partial charge >= 0.3 is 0 Å². The maximum Gasteiger partial charge on any atom is 0.220 e. The highest BCUT2D eigenvalue weighted by atomic mass is 16.1. The molecule has 0 spiro atoms. The van der Waals surface area contributed by atoms with Gasteiger partial charge in [-0.25, -0.2) is 0 Å². The highest BCUT2D eigenvalue weighted by Crippen LogP contribution is 2.21. The van der Waals surface area contributed by atoms with Crippen molar-refractivity contribution in [1.29, 1.82) is 0 Å². The minimum Gasteiger partial charge on any atom is -0.355 e. The van der Waals surface area contributed by atoms with Crippen LogP contribution in [0.15, 0.2) is 60.7 Å². The maximum absolute atomic E-state index is 12.3. The van der Waals surface area contributed by atoms with Crippen LogP contribution < -0.4 is 10.6 Å². The number of carbonyl (C=O) groups excluding carboxylic acids is 1. The summed E-state index contributed by atoms with van der Waals surface area (Å²) >= 11 is 0. The molecule has 3 rings (SSSR count). The van der Waals surface area contributed by atoms with E-state index in [4.69, 9.17) is 0 Å². The number of piperidine rings is 1. The lowest BCUT2D eigenvalue weighted by atomic mass is 9.91. The van der Waals surface area contributed by atoms with Crippen LogP contribution in [0.1, 0.15) is 42.7 Å². The molecule has 2 aromatic rings. The van der Waals surface area contributed by atoms with Gasteiger partial charge in [-0.2, -0.15) is 0 Å². The molecular weight excluding hydrogens is 320 g/mol. The Morgan fingerprint density at radius 2 is 1.65 bits per heavy atom. The second-order valence-corrected chi connectivity index (χ2v) is 7.33. The predicted molar refractivity (Wildman–Crippen MR) is 107 cm³/mol. The van der Waals surface area contributed by atoms with Gasteiger partial charge in [0.25, 0.3) is 0 Å². The van der Waals surface area contributed by atoms with Gasteiger partial charge in [-0.05, 0) is 55.8 Å². The molecule has 1 aliphatic rings. The second-order valence-electron chi connectivity index (χ2n) is 7.33. The number of amides is 1. The first-order valence-corrected chi connectivity index (χ1v) is 9.87. The van der Waals surface area contributed by atoms with E-state index >= 15 is 0 Å². The summed E-state index contributed by atoms with van der Waals surface area (Å²) in [7, 11) is 0. The van der Waals surface area contributed by atoms with Crippen LogP contribution >= 0.6 is 0 Å².